The molecule has 7 heteroatoms. The van der Waals surface area contributed by atoms with Crippen molar-refractivity contribution in [1.29, 1.82) is 5.26 Å². The summed E-state index contributed by atoms with van der Waals surface area (Å²) in [6.07, 6.45) is 1.29. The Labute approximate surface area is 149 Å². The predicted molar refractivity (Wildman–Crippen MR) is 95.4 cm³/mol. The van der Waals surface area contributed by atoms with E-state index >= 15 is 0 Å². The van der Waals surface area contributed by atoms with Crippen molar-refractivity contribution in [2.75, 3.05) is 17.7 Å². The van der Waals surface area contributed by atoms with E-state index in [1.807, 2.05) is 6.07 Å². The van der Waals surface area contributed by atoms with Crippen molar-refractivity contribution in [2.45, 2.75) is 0 Å². The molecule has 0 bridgehead atoms. The summed E-state index contributed by atoms with van der Waals surface area (Å²) in [6, 6.07) is 13.5. The van der Waals surface area contributed by atoms with Gasteiger partial charge in [-0.15, -0.1) is 0 Å². The second-order valence-electron chi connectivity index (χ2n) is 4.62. The lowest BCUT2D eigenvalue weighted by Crippen LogP contribution is -2.14. The summed E-state index contributed by atoms with van der Waals surface area (Å²) < 4.78 is 5.19. The topological polar surface area (TPSA) is 74.1 Å². The van der Waals surface area contributed by atoms with Crippen molar-refractivity contribution in [3.05, 3.63) is 64.3 Å². The number of nitrogens with zero attached hydrogens (tertiary/aromatic N) is 1. The van der Waals surface area contributed by atoms with Crippen molar-refractivity contribution in [3.8, 4) is 11.8 Å². The van der Waals surface area contributed by atoms with Crippen LogP contribution in [-0.4, -0.2) is 13.0 Å². The Bertz CT molecular complexity index is 829. The summed E-state index contributed by atoms with van der Waals surface area (Å²) in [6.45, 7) is 0. The maximum Gasteiger partial charge on any atom is 0.267 e. The number of carbonyl (C=O) groups excluding carboxylic acids is 1. The molecule has 24 heavy (non-hydrogen) atoms. The van der Waals surface area contributed by atoms with E-state index in [2.05, 4.69) is 10.6 Å². The van der Waals surface area contributed by atoms with Gasteiger partial charge in [0.25, 0.3) is 5.91 Å². The molecule has 5 nitrogen and oxygen atoms in total. The third-order valence-corrected chi connectivity index (χ3v) is 3.45. The van der Waals surface area contributed by atoms with Crippen LogP contribution in [0.3, 0.4) is 0 Å². The van der Waals surface area contributed by atoms with Crippen molar-refractivity contribution in [1.82, 2.24) is 0 Å². The van der Waals surface area contributed by atoms with Crippen LogP contribution in [0.15, 0.2) is 54.2 Å². The van der Waals surface area contributed by atoms with Crippen molar-refractivity contribution >= 4 is 40.5 Å². The molecule has 122 valence electrons. The van der Waals surface area contributed by atoms with E-state index in [0.717, 1.165) is 0 Å². The molecule has 0 aliphatic rings. The summed E-state index contributed by atoms with van der Waals surface area (Å²) in [5.74, 6) is -0.0311. The first-order valence-electron chi connectivity index (χ1n) is 6.80. The highest BCUT2D eigenvalue weighted by Gasteiger charge is 2.10. The monoisotopic (exact) mass is 361 g/mol. The molecule has 1 amide bonds. The average molecular weight is 362 g/mol. The largest absolute Gasteiger partial charge is 0.495 e. The van der Waals surface area contributed by atoms with Crippen molar-refractivity contribution < 1.29 is 9.53 Å². The van der Waals surface area contributed by atoms with E-state index < -0.39 is 5.91 Å². The molecule has 2 aromatic carbocycles. The second kappa shape index (κ2) is 8.25. The number of nitriles is 1. The summed E-state index contributed by atoms with van der Waals surface area (Å²) in [4.78, 5) is 12.2. The van der Waals surface area contributed by atoms with Crippen LogP contribution in [0.4, 0.5) is 11.4 Å². The fraction of sp³-hybridized carbons (Fsp3) is 0.0588. The quantitative estimate of drug-likeness (QED) is 0.608. The highest BCUT2D eigenvalue weighted by atomic mass is 35.5. The van der Waals surface area contributed by atoms with E-state index in [1.165, 1.54) is 13.3 Å². The Kier molecular flexibility index (Phi) is 6.07. The molecular weight excluding hydrogens is 349 g/mol. The van der Waals surface area contributed by atoms with Gasteiger partial charge in [-0.2, -0.15) is 5.26 Å². The maximum atomic E-state index is 12.2. The van der Waals surface area contributed by atoms with E-state index in [0.29, 0.717) is 27.2 Å². The second-order valence-corrected chi connectivity index (χ2v) is 5.50. The number of methoxy groups -OCH3 is 1. The molecule has 0 aliphatic carbocycles. The standard InChI is InChI=1S/C17H13Cl2N3O2/c1-24-16-6-5-13(19)8-15(16)21-10-11(9-20)17(23)22-14-4-2-3-12(18)7-14/h2-8,10,21H,1H3,(H,22,23)/b11-10-. The van der Waals surface area contributed by atoms with E-state index in [-0.39, 0.29) is 5.57 Å². The lowest BCUT2D eigenvalue weighted by molar-refractivity contribution is -0.112. The van der Waals surface area contributed by atoms with Gasteiger partial charge in [0, 0.05) is 21.9 Å². The van der Waals surface area contributed by atoms with Crippen LogP contribution < -0.4 is 15.4 Å². The number of halogens is 2. The molecule has 2 rings (SSSR count). The van der Waals surface area contributed by atoms with Gasteiger partial charge in [0.15, 0.2) is 0 Å². The highest BCUT2D eigenvalue weighted by molar-refractivity contribution is 6.31. The minimum absolute atomic E-state index is 0.114. The molecule has 0 saturated carbocycles. The fourth-order valence-electron chi connectivity index (χ4n) is 1.86. The minimum Gasteiger partial charge on any atom is -0.495 e. The zero-order valence-corrected chi connectivity index (χ0v) is 14.2. The highest BCUT2D eigenvalue weighted by Crippen LogP contribution is 2.27. The summed E-state index contributed by atoms with van der Waals surface area (Å²) in [5.41, 5.74) is 0.916. The lowest BCUT2D eigenvalue weighted by Gasteiger charge is -2.09. The number of rotatable bonds is 5. The number of anilines is 2. The summed E-state index contributed by atoms with van der Waals surface area (Å²) >= 11 is 11.8. The predicted octanol–water partition coefficient (Wildman–Crippen LogP) is 4.46. The number of hydrogen-bond donors (Lipinski definition) is 2. The van der Waals surface area contributed by atoms with Gasteiger partial charge in [0.2, 0.25) is 0 Å². The van der Waals surface area contributed by atoms with E-state index in [9.17, 15) is 10.1 Å². The third kappa shape index (κ3) is 4.66. The Morgan fingerprint density at radius 3 is 2.62 bits per heavy atom. The van der Waals surface area contributed by atoms with Gasteiger partial charge in [-0.05, 0) is 36.4 Å². The molecule has 0 aliphatic heterocycles. The van der Waals surface area contributed by atoms with Crippen molar-refractivity contribution in [3.63, 3.8) is 0 Å². The smallest absolute Gasteiger partial charge is 0.267 e. The van der Waals surface area contributed by atoms with Crippen LogP contribution in [-0.2, 0) is 4.79 Å². The van der Waals surface area contributed by atoms with Crippen LogP contribution in [0.5, 0.6) is 5.75 Å². The molecule has 0 atom stereocenters. The summed E-state index contributed by atoms with van der Waals surface area (Å²) in [5, 5.41) is 15.6. The van der Waals surface area contributed by atoms with E-state index in [1.54, 1.807) is 42.5 Å². The third-order valence-electron chi connectivity index (χ3n) is 2.98. The number of hydrogen-bond acceptors (Lipinski definition) is 4. The van der Waals surface area contributed by atoms with Gasteiger partial charge < -0.3 is 15.4 Å². The molecule has 0 fully saturated rings. The number of nitrogens with one attached hydrogen (secondary N) is 2. The zero-order chi connectivity index (χ0) is 17.5. The first kappa shape index (κ1) is 17.7. The molecule has 0 aromatic heterocycles. The van der Waals surface area contributed by atoms with Gasteiger partial charge in [-0.1, -0.05) is 29.3 Å². The number of carbonyl (C=O) groups is 1. The van der Waals surface area contributed by atoms with Gasteiger partial charge >= 0.3 is 0 Å². The minimum atomic E-state index is -0.562. The van der Waals surface area contributed by atoms with Gasteiger partial charge in [0.1, 0.15) is 17.4 Å². The first-order valence-corrected chi connectivity index (χ1v) is 7.56. The van der Waals surface area contributed by atoms with Crippen molar-refractivity contribution in [2.24, 2.45) is 0 Å². The summed E-state index contributed by atoms with van der Waals surface area (Å²) in [7, 11) is 1.51. The normalized spacial score (nSPS) is 10.7. The average Bonchev–Trinajstić information content (AvgIpc) is 2.55. The molecule has 0 saturated heterocycles. The molecule has 2 aromatic rings. The van der Waals surface area contributed by atoms with Crippen LogP contribution in [0.25, 0.3) is 0 Å². The number of benzene rings is 2. The lowest BCUT2D eigenvalue weighted by atomic mass is 10.2. The SMILES string of the molecule is COc1ccc(Cl)cc1N/C=C(/C#N)C(=O)Nc1cccc(Cl)c1. The Morgan fingerprint density at radius 2 is 1.96 bits per heavy atom. The molecule has 0 radical (unpaired) electrons. The zero-order valence-electron chi connectivity index (χ0n) is 12.6. The van der Waals surface area contributed by atoms with Crippen LogP contribution in [0.1, 0.15) is 0 Å². The van der Waals surface area contributed by atoms with Gasteiger partial charge in [-0.3, -0.25) is 4.79 Å². The molecule has 0 unspecified atom stereocenters. The Balaban J connectivity index is 2.16. The number of ether oxygens (including phenoxy) is 1. The molecular formula is C17H13Cl2N3O2. The van der Waals surface area contributed by atoms with Gasteiger partial charge in [-0.25, -0.2) is 0 Å². The fourth-order valence-corrected chi connectivity index (χ4v) is 2.22. The maximum absolute atomic E-state index is 12.2. The molecule has 0 heterocycles. The van der Waals surface area contributed by atoms with Gasteiger partial charge in [0.05, 0.1) is 12.8 Å². The molecule has 0 spiro atoms. The van der Waals surface area contributed by atoms with E-state index in [4.69, 9.17) is 27.9 Å². The Hall–Kier alpha value is -2.68. The first-order chi connectivity index (χ1) is 11.5. The Morgan fingerprint density at radius 1 is 1.21 bits per heavy atom. The van der Waals surface area contributed by atoms with Crippen LogP contribution in [0, 0.1) is 11.3 Å². The number of amides is 1. The molecule has 2 N–H and O–H groups in total. The van der Waals surface area contributed by atoms with Crippen LogP contribution >= 0.6 is 23.2 Å². The van der Waals surface area contributed by atoms with Crippen LogP contribution in [0.2, 0.25) is 10.0 Å².